The third-order valence-corrected chi connectivity index (χ3v) is 4.75. The average molecular weight is 333 g/mol. The molecule has 1 saturated heterocycles. The molecule has 2 aromatic carbocycles. The van der Waals surface area contributed by atoms with Crippen molar-refractivity contribution < 1.29 is 0 Å². The monoisotopic (exact) mass is 333 g/mol. The third-order valence-electron chi connectivity index (χ3n) is 4.75. The van der Waals surface area contributed by atoms with Gasteiger partial charge in [-0.25, -0.2) is 0 Å². The Morgan fingerprint density at radius 1 is 1.24 bits per heavy atom. The molecule has 0 spiro atoms. The molecule has 1 aliphatic heterocycles. The molecule has 1 aliphatic rings. The molecule has 0 saturated carbocycles. The second kappa shape index (κ2) is 8.04. The zero-order chi connectivity index (χ0) is 17.6. The van der Waals surface area contributed by atoms with Crippen molar-refractivity contribution in [3.8, 4) is 0 Å². The Morgan fingerprint density at radius 3 is 2.76 bits per heavy atom. The highest BCUT2D eigenvalue weighted by molar-refractivity contribution is 5.54. The molecule has 130 valence electrons. The van der Waals surface area contributed by atoms with Crippen molar-refractivity contribution in [2.75, 3.05) is 24.1 Å². The van der Waals surface area contributed by atoms with Crippen LogP contribution in [0.4, 0.5) is 11.4 Å². The maximum absolute atomic E-state index is 5.77. The van der Waals surface area contributed by atoms with Crippen LogP contribution >= 0.6 is 0 Å². The number of hydrogen-bond donors (Lipinski definition) is 2. The fourth-order valence-electron chi connectivity index (χ4n) is 3.46. The minimum Gasteiger partial charge on any atom is -0.399 e. The summed E-state index contributed by atoms with van der Waals surface area (Å²) in [4.78, 5) is 2.50. The van der Waals surface area contributed by atoms with Gasteiger partial charge in [-0.3, -0.25) is 4.90 Å². The van der Waals surface area contributed by atoms with E-state index < -0.39 is 0 Å². The first kappa shape index (κ1) is 17.3. The number of anilines is 2. The third kappa shape index (κ3) is 4.31. The zero-order valence-electron chi connectivity index (χ0n) is 14.9. The number of benzene rings is 2. The van der Waals surface area contributed by atoms with E-state index in [2.05, 4.69) is 66.2 Å². The van der Waals surface area contributed by atoms with Crippen molar-refractivity contribution in [2.24, 2.45) is 0 Å². The van der Waals surface area contributed by atoms with Crippen molar-refractivity contribution in [1.29, 1.82) is 0 Å². The summed E-state index contributed by atoms with van der Waals surface area (Å²) in [6.07, 6.45) is 7.24. The molecule has 1 unspecified atom stereocenters. The summed E-state index contributed by atoms with van der Waals surface area (Å²) in [5, 5.41) is 6.19. The lowest BCUT2D eigenvalue weighted by Gasteiger charge is -2.18. The molecule has 0 aliphatic carbocycles. The van der Waals surface area contributed by atoms with Gasteiger partial charge in [0.15, 0.2) is 0 Å². The molecule has 1 fully saturated rings. The molecule has 3 rings (SSSR count). The molecule has 3 heteroatoms. The highest BCUT2D eigenvalue weighted by atomic mass is 15.2. The number of likely N-dealkylation sites (tertiary alicyclic amines) is 1. The predicted octanol–water partition coefficient (Wildman–Crippen LogP) is 2.72. The van der Waals surface area contributed by atoms with Gasteiger partial charge in [0.05, 0.1) is 0 Å². The largest absolute Gasteiger partial charge is 0.399 e. The van der Waals surface area contributed by atoms with Gasteiger partial charge in [-0.15, -0.1) is 0 Å². The van der Waals surface area contributed by atoms with Crippen molar-refractivity contribution in [3.05, 3.63) is 71.1 Å². The van der Waals surface area contributed by atoms with E-state index in [-0.39, 0.29) is 0 Å². The summed E-state index contributed by atoms with van der Waals surface area (Å²) in [6.45, 7) is 9.07. The number of allylic oxidation sites excluding steroid dienone is 1. The predicted molar refractivity (Wildman–Crippen MR) is 109 cm³/mol. The highest BCUT2D eigenvalue weighted by Gasteiger charge is 2.22. The molecule has 0 amide bonds. The van der Waals surface area contributed by atoms with Crippen LogP contribution in [0.15, 0.2) is 55.1 Å². The van der Waals surface area contributed by atoms with Crippen molar-refractivity contribution in [1.82, 2.24) is 4.90 Å². The fourth-order valence-corrected chi connectivity index (χ4v) is 3.46. The first-order chi connectivity index (χ1) is 12.2. The van der Waals surface area contributed by atoms with Crippen LogP contribution in [0.1, 0.15) is 18.9 Å². The van der Waals surface area contributed by atoms with E-state index in [0.29, 0.717) is 6.04 Å². The Bertz CT molecular complexity index is 837. The first-order valence-electron chi connectivity index (χ1n) is 8.91. The molecule has 1 atom stereocenters. The number of rotatable bonds is 5. The minimum absolute atomic E-state index is 0.470. The van der Waals surface area contributed by atoms with Crippen molar-refractivity contribution >= 4 is 23.5 Å². The maximum atomic E-state index is 5.77. The molecule has 3 N–H and O–H groups in total. The lowest BCUT2D eigenvalue weighted by Crippen LogP contribution is -2.32. The van der Waals surface area contributed by atoms with E-state index >= 15 is 0 Å². The van der Waals surface area contributed by atoms with Gasteiger partial charge >= 0.3 is 0 Å². The van der Waals surface area contributed by atoms with Gasteiger partial charge in [0.1, 0.15) is 0 Å². The second-order valence-electron chi connectivity index (χ2n) is 6.61. The Labute approximate surface area is 150 Å². The Morgan fingerprint density at radius 2 is 2.04 bits per heavy atom. The number of nitrogens with one attached hydrogen (secondary N) is 1. The summed E-state index contributed by atoms with van der Waals surface area (Å²) >= 11 is 0. The van der Waals surface area contributed by atoms with Gasteiger partial charge in [-0.05, 0) is 42.3 Å². The molecule has 1 heterocycles. The number of nitrogens with two attached hydrogens (primary N) is 1. The van der Waals surface area contributed by atoms with Gasteiger partial charge in [0, 0.05) is 42.3 Å². The second-order valence-corrected chi connectivity index (χ2v) is 6.61. The van der Waals surface area contributed by atoms with Crippen LogP contribution in [0.25, 0.3) is 12.2 Å². The van der Waals surface area contributed by atoms with Crippen molar-refractivity contribution in [2.45, 2.75) is 25.9 Å². The Hall–Kier alpha value is -2.52. The zero-order valence-corrected chi connectivity index (χ0v) is 14.9. The van der Waals surface area contributed by atoms with Crippen LogP contribution < -0.4 is 21.5 Å². The summed E-state index contributed by atoms with van der Waals surface area (Å²) < 4.78 is 0. The van der Waals surface area contributed by atoms with Gasteiger partial charge in [-0.2, -0.15) is 0 Å². The number of nitrogen functional groups attached to an aromatic ring is 1. The van der Waals surface area contributed by atoms with Crippen molar-refractivity contribution in [3.63, 3.8) is 0 Å². The van der Waals surface area contributed by atoms with Crippen LogP contribution in [-0.2, 0) is 6.54 Å². The summed E-state index contributed by atoms with van der Waals surface area (Å²) in [6, 6.07) is 15.1. The Balaban J connectivity index is 1.69. The standard InChI is InChI=1S/C22H27N3/c1-3-6-21-18(4-2)7-5-8-22(21)24-20-13-14-25(16-20)15-17-9-11-19(23)12-10-17/h3-12,20,24H,1,13-16,23H2,2H3/b18-4-,21-6+. The lowest BCUT2D eigenvalue weighted by atomic mass is 10.1. The normalized spacial score (nSPS) is 19.3. The minimum atomic E-state index is 0.470. The summed E-state index contributed by atoms with van der Waals surface area (Å²) in [7, 11) is 0. The van der Waals surface area contributed by atoms with Crippen LogP contribution in [0.5, 0.6) is 0 Å². The summed E-state index contributed by atoms with van der Waals surface area (Å²) in [5.41, 5.74) is 9.10. The quantitative estimate of drug-likeness (QED) is 0.827. The van der Waals surface area contributed by atoms with Crippen LogP contribution in [0, 0.1) is 0 Å². The Kier molecular flexibility index (Phi) is 5.56. The van der Waals surface area contributed by atoms with Crippen LogP contribution in [0.3, 0.4) is 0 Å². The topological polar surface area (TPSA) is 41.3 Å². The van der Waals surface area contributed by atoms with E-state index in [1.807, 2.05) is 18.2 Å². The summed E-state index contributed by atoms with van der Waals surface area (Å²) in [5.74, 6) is 0. The van der Waals surface area contributed by atoms with Gasteiger partial charge in [0.2, 0.25) is 0 Å². The van der Waals surface area contributed by atoms with Gasteiger partial charge in [-0.1, -0.05) is 49.1 Å². The van der Waals surface area contributed by atoms with E-state index in [1.165, 1.54) is 21.7 Å². The van der Waals surface area contributed by atoms with Crippen LogP contribution in [0.2, 0.25) is 0 Å². The average Bonchev–Trinajstić information content (AvgIpc) is 3.05. The SMILES string of the molecule is C=C/C=c1/c(NC2CCN(Cc3ccc(N)cc3)C2)ccc/c1=C/C. The number of nitrogens with zero attached hydrogens (tertiary/aromatic N) is 1. The first-order valence-corrected chi connectivity index (χ1v) is 8.91. The molecule has 0 aromatic heterocycles. The van der Waals surface area contributed by atoms with E-state index in [4.69, 9.17) is 5.73 Å². The van der Waals surface area contributed by atoms with Crippen LogP contribution in [-0.4, -0.2) is 24.0 Å². The smallest absolute Gasteiger partial charge is 0.0422 e. The molecule has 0 bridgehead atoms. The maximum Gasteiger partial charge on any atom is 0.0422 e. The highest BCUT2D eigenvalue weighted by Crippen LogP contribution is 2.17. The molecule has 25 heavy (non-hydrogen) atoms. The molecular weight excluding hydrogens is 306 g/mol. The van der Waals surface area contributed by atoms with Gasteiger partial charge in [0.25, 0.3) is 0 Å². The van der Waals surface area contributed by atoms with E-state index in [1.54, 1.807) is 0 Å². The lowest BCUT2D eigenvalue weighted by molar-refractivity contribution is 0.328. The fraction of sp³-hybridized carbons (Fsp3) is 0.273. The molecule has 0 radical (unpaired) electrons. The molecular formula is C22H27N3. The molecule has 3 nitrogen and oxygen atoms in total. The van der Waals surface area contributed by atoms with E-state index in [0.717, 1.165) is 31.7 Å². The van der Waals surface area contributed by atoms with E-state index in [9.17, 15) is 0 Å². The number of hydrogen-bond acceptors (Lipinski definition) is 3. The molecule has 2 aromatic rings. The van der Waals surface area contributed by atoms with Gasteiger partial charge < -0.3 is 11.1 Å².